The SMILES string of the molecule is CN(CC1CC1)C(=O)CN1CC2C(CNCc3cccc(OC(F)(F)F)c3)C2C1. The summed E-state index contributed by atoms with van der Waals surface area (Å²) in [5.41, 5.74) is 0.767. The van der Waals surface area contributed by atoms with Crippen molar-refractivity contribution in [2.24, 2.45) is 23.7 Å². The molecule has 2 aliphatic carbocycles. The molecule has 2 saturated carbocycles. The monoisotopic (exact) mass is 411 g/mol. The van der Waals surface area contributed by atoms with Gasteiger partial charge in [-0.1, -0.05) is 12.1 Å². The molecule has 1 heterocycles. The van der Waals surface area contributed by atoms with Gasteiger partial charge in [0, 0.05) is 33.2 Å². The lowest BCUT2D eigenvalue weighted by atomic mass is 10.2. The van der Waals surface area contributed by atoms with Crippen LogP contribution in [-0.4, -0.2) is 61.8 Å². The number of benzene rings is 1. The van der Waals surface area contributed by atoms with E-state index in [1.807, 2.05) is 11.9 Å². The van der Waals surface area contributed by atoms with Gasteiger partial charge >= 0.3 is 6.36 Å². The van der Waals surface area contributed by atoms with Gasteiger partial charge in [0.05, 0.1) is 6.54 Å². The number of carbonyl (C=O) groups is 1. The molecule has 5 nitrogen and oxygen atoms in total. The van der Waals surface area contributed by atoms with Crippen LogP contribution in [-0.2, 0) is 11.3 Å². The fourth-order valence-electron chi connectivity index (χ4n) is 4.51. The molecular formula is C21H28F3N3O2. The first-order chi connectivity index (χ1) is 13.8. The van der Waals surface area contributed by atoms with E-state index in [2.05, 4.69) is 15.0 Å². The van der Waals surface area contributed by atoms with E-state index in [1.54, 1.807) is 12.1 Å². The number of hydrogen-bond donors (Lipinski definition) is 1. The van der Waals surface area contributed by atoms with E-state index in [9.17, 15) is 18.0 Å². The summed E-state index contributed by atoms with van der Waals surface area (Å²) in [6.07, 6.45) is -2.17. The minimum atomic E-state index is -4.67. The van der Waals surface area contributed by atoms with Crippen LogP contribution >= 0.6 is 0 Å². The topological polar surface area (TPSA) is 44.8 Å². The molecule has 3 aliphatic rings. The second-order valence-corrected chi connectivity index (χ2v) is 8.73. The van der Waals surface area contributed by atoms with Crippen LogP contribution in [0.1, 0.15) is 18.4 Å². The highest BCUT2D eigenvalue weighted by molar-refractivity contribution is 5.78. The summed E-state index contributed by atoms with van der Waals surface area (Å²) in [4.78, 5) is 16.4. The van der Waals surface area contributed by atoms with Crippen molar-refractivity contribution in [2.75, 3.05) is 39.8 Å². The zero-order valence-corrected chi connectivity index (χ0v) is 16.6. The number of likely N-dealkylation sites (N-methyl/N-ethyl adjacent to an activating group) is 1. The van der Waals surface area contributed by atoms with E-state index in [0.29, 0.717) is 36.8 Å². The Hall–Kier alpha value is -1.80. The van der Waals surface area contributed by atoms with Crippen LogP contribution in [0, 0.1) is 23.7 Å². The van der Waals surface area contributed by atoms with E-state index in [0.717, 1.165) is 31.7 Å². The molecular weight excluding hydrogens is 383 g/mol. The van der Waals surface area contributed by atoms with Crippen molar-refractivity contribution in [3.8, 4) is 5.75 Å². The second-order valence-electron chi connectivity index (χ2n) is 8.73. The third-order valence-corrected chi connectivity index (χ3v) is 6.30. The Bertz CT molecular complexity index is 726. The van der Waals surface area contributed by atoms with Gasteiger partial charge in [-0.05, 0) is 60.8 Å². The molecule has 4 rings (SSSR count). The number of ether oxygens (including phenoxy) is 1. The zero-order valence-electron chi connectivity index (χ0n) is 16.6. The minimum absolute atomic E-state index is 0.188. The highest BCUT2D eigenvalue weighted by Crippen LogP contribution is 2.51. The molecule has 1 saturated heterocycles. The average molecular weight is 411 g/mol. The zero-order chi connectivity index (χ0) is 20.6. The number of nitrogens with one attached hydrogen (secondary N) is 1. The maximum atomic E-state index is 12.3. The van der Waals surface area contributed by atoms with E-state index in [-0.39, 0.29) is 11.7 Å². The molecule has 1 N–H and O–H groups in total. The molecule has 1 aromatic rings. The Balaban J connectivity index is 1.14. The normalized spacial score (nSPS) is 26.3. The van der Waals surface area contributed by atoms with Crippen LogP contribution in [0.15, 0.2) is 24.3 Å². The molecule has 160 valence electrons. The lowest BCUT2D eigenvalue weighted by molar-refractivity contribution is -0.274. The number of carbonyl (C=O) groups excluding carboxylic acids is 1. The summed E-state index contributed by atoms with van der Waals surface area (Å²) >= 11 is 0. The Morgan fingerprint density at radius 3 is 2.66 bits per heavy atom. The van der Waals surface area contributed by atoms with Crippen LogP contribution in [0.2, 0.25) is 0 Å². The summed E-state index contributed by atoms with van der Waals surface area (Å²) in [6.45, 7) is 4.70. The van der Waals surface area contributed by atoms with Crippen molar-refractivity contribution in [2.45, 2.75) is 25.7 Å². The number of likely N-dealkylation sites (tertiary alicyclic amines) is 1. The summed E-state index contributed by atoms with van der Waals surface area (Å²) in [5.74, 6) is 2.60. The smallest absolute Gasteiger partial charge is 0.406 e. The number of rotatable bonds is 9. The van der Waals surface area contributed by atoms with Gasteiger partial charge in [-0.25, -0.2) is 0 Å². The first-order valence-corrected chi connectivity index (χ1v) is 10.3. The number of hydrogen-bond acceptors (Lipinski definition) is 4. The van der Waals surface area contributed by atoms with Crippen LogP contribution in [0.4, 0.5) is 13.2 Å². The molecule has 3 fully saturated rings. The Morgan fingerprint density at radius 1 is 1.28 bits per heavy atom. The lowest BCUT2D eigenvalue weighted by Gasteiger charge is -2.23. The first-order valence-electron chi connectivity index (χ1n) is 10.3. The fraction of sp³-hybridized carbons (Fsp3) is 0.667. The number of amides is 1. The van der Waals surface area contributed by atoms with Gasteiger partial charge in [0.15, 0.2) is 0 Å². The maximum absolute atomic E-state index is 12.3. The number of halogens is 3. The first kappa shape index (κ1) is 20.5. The molecule has 8 heteroatoms. The molecule has 1 aromatic carbocycles. The van der Waals surface area contributed by atoms with Gasteiger partial charge in [0.2, 0.25) is 5.91 Å². The molecule has 1 amide bonds. The number of piperidine rings is 1. The highest BCUT2D eigenvalue weighted by Gasteiger charge is 2.55. The van der Waals surface area contributed by atoms with Gasteiger partial charge < -0.3 is 15.0 Å². The average Bonchev–Trinajstić information content (AvgIpc) is 3.52. The summed E-state index contributed by atoms with van der Waals surface area (Å²) in [7, 11) is 1.90. The van der Waals surface area contributed by atoms with E-state index >= 15 is 0 Å². The third kappa shape index (κ3) is 5.63. The van der Waals surface area contributed by atoms with Crippen molar-refractivity contribution in [3.05, 3.63) is 29.8 Å². The molecule has 2 unspecified atom stereocenters. The number of fused-ring (bicyclic) bond motifs is 1. The predicted octanol–water partition coefficient (Wildman–Crippen LogP) is 2.72. The molecule has 0 bridgehead atoms. The van der Waals surface area contributed by atoms with Crippen LogP contribution in [0.5, 0.6) is 5.75 Å². The fourth-order valence-corrected chi connectivity index (χ4v) is 4.51. The Morgan fingerprint density at radius 2 is 2.00 bits per heavy atom. The van der Waals surface area contributed by atoms with Gasteiger partial charge in [0.25, 0.3) is 0 Å². The minimum Gasteiger partial charge on any atom is -0.406 e. The summed E-state index contributed by atoms with van der Waals surface area (Å²) < 4.78 is 40.9. The van der Waals surface area contributed by atoms with Gasteiger partial charge in [-0.15, -0.1) is 13.2 Å². The largest absolute Gasteiger partial charge is 0.573 e. The van der Waals surface area contributed by atoms with Crippen molar-refractivity contribution < 1.29 is 22.7 Å². The van der Waals surface area contributed by atoms with Gasteiger partial charge in [0.1, 0.15) is 5.75 Å². The van der Waals surface area contributed by atoms with E-state index < -0.39 is 6.36 Å². The van der Waals surface area contributed by atoms with Crippen LogP contribution < -0.4 is 10.1 Å². The van der Waals surface area contributed by atoms with Crippen LogP contribution in [0.3, 0.4) is 0 Å². The van der Waals surface area contributed by atoms with Gasteiger partial charge in [-0.3, -0.25) is 9.69 Å². The van der Waals surface area contributed by atoms with Crippen molar-refractivity contribution in [1.29, 1.82) is 0 Å². The molecule has 0 spiro atoms. The number of nitrogens with zero attached hydrogens (tertiary/aromatic N) is 2. The Kier molecular flexibility index (Phi) is 5.75. The van der Waals surface area contributed by atoms with E-state index in [4.69, 9.17) is 0 Å². The quantitative estimate of drug-likeness (QED) is 0.679. The summed E-state index contributed by atoms with van der Waals surface area (Å²) in [5, 5.41) is 3.35. The molecule has 2 atom stereocenters. The maximum Gasteiger partial charge on any atom is 0.573 e. The van der Waals surface area contributed by atoms with Crippen LogP contribution in [0.25, 0.3) is 0 Å². The van der Waals surface area contributed by atoms with Gasteiger partial charge in [-0.2, -0.15) is 0 Å². The lowest BCUT2D eigenvalue weighted by Crippen LogP contribution is -2.39. The third-order valence-electron chi connectivity index (χ3n) is 6.30. The van der Waals surface area contributed by atoms with E-state index in [1.165, 1.54) is 25.0 Å². The summed E-state index contributed by atoms with van der Waals surface area (Å²) in [6, 6.07) is 6.08. The molecule has 29 heavy (non-hydrogen) atoms. The molecule has 0 aromatic heterocycles. The highest BCUT2D eigenvalue weighted by atomic mass is 19.4. The molecule has 1 aliphatic heterocycles. The standard InChI is InChI=1S/C21H28F3N3O2/c1-26(10-14-5-6-14)20(28)13-27-11-18-17(19(18)12-27)9-25-8-15-3-2-4-16(7-15)29-21(22,23)24/h2-4,7,14,17-19,25H,5-6,8-13H2,1H3. The predicted molar refractivity (Wildman–Crippen MR) is 102 cm³/mol. The molecule has 0 radical (unpaired) electrons. The second kappa shape index (κ2) is 8.14. The Labute approximate surface area is 169 Å². The van der Waals surface area contributed by atoms with Crippen molar-refractivity contribution in [3.63, 3.8) is 0 Å². The van der Waals surface area contributed by atoms with Crippen molar-refractivity contribution >= 4 is 5.91 Å². The number of alkyl halides is 3. The van der Waals surface area contributed by atoms with Crippen molar-refractivity contribution in [1.82, 2.24) is 15.1 Å².